The lowest BCUT2D eigenvalue weighted by atomic mass is 10.0. The molecule has 0 radical (unpaired) electrons. The van der Waals surface area contributed by atoms with E-state index >= 15 is 0 Å². The van der Waals surface area contributed by atoms with E-state index in [0.717, 1.165) is 42.5 Å². The third-order valence-corrected chi connectivity index (χ3v) is 5.84. The quantitative estimate of drug-likeness (QED) is 0.881. The maximum absolute atomic E-state index is 13.0. The van der Waals surface area contributed by atoms with Gasteiger partial charge in [-0.25, -0.2) is 4.39 Å². The summed E-state index contributed by atoms with van der Waals surface area (Å²) in [6.07, 6.45) is 4.90. The fraction of sp³-hybridized carbons (Fsp3) is 0.476. The Kier molecular flexibility index (Phi) is 5.15. The molecule has 1 aromatic carbocycles. The van der Waals surface area contributed by atoms with Crippen LogP contribution in [0.2, 0.25) is 0 Å². The van der Waals surface area contributed by atoms with Gasteiger partial charge in [0.2, 0.25) is 5.91 Å². The Balaban J connectivity index is 1.47. The van der Waals surface area contributed by atoms with E-state index in [9.17, 15) is 14.0 Å². The highest BCUT2D eigenvalue weighted by Crippen LogP contribution is 2.29. The maximum Gasteiger partial charge on any atom is 0.272 e. The molecule has 2 amide bonds. The standard InChI is InChI=1S/C21H25FN4O2/c1-25-18-10-11-26(21(28)15-4-2-3-5-15)13-17(18)19(24-25)20(27)23-12-14-6-8-16(22)9-7-14/h6-9,15H,2-5,10-13H2,1H3,(H,23,27). The minimum atomic E-state index is -0.305. The van der Waals surface area contributed by atoms with Gasteiger partial charge < -0.3 is 10.2 Å². The number of amides is 2. The van der Waals surface area contributed by atoms with Gasteiger partial charge in [0.05, 0.1) is 0 Å². The molecule has 7 heteroatoms. The second-order valence-electron chi connectivity index (χ2n) is 7.70. The number of rotatable bonds is 4. The van der Waals surface area contributed by atoms with E-state index in [1.165, 1.54) is 12.1 Å². The highest BCUT2D eigenvalue weighted by Gasteiger charge is 2.33. The van der Waals surface area contributed by atoms with Crippen LogP contribution in [-0.2, 0) is 31.4 Å². The van der Waals surface area contributed by atoms with Gasteiger partial charge in [-0.15, -0.1) is 0 Å². The van der Waals surface area contributed by atoms with Crippen molar-refractivity contribution in [2.45, 2.75) is 45.2 Å². The molecule has 2 heterocycles. The molecule has 1 aromatic heterocycles. The summed E-state index contributed by atoms with van der Waals surface area (Å²) >= 11 is 0. The zero-order valence-corrected chi connectivity index (χ0v) is 16.1. The molecule has 0 atom stereocenters. The molecule has 1 fully saturated rings. The maximum atomic E-state index is 13.0. The van der Waals surface area contributed by atoms with E-state index in [2.05, 4.69) is 10.4 Å². The number of nitrogens with zero attached hydrogens (tertiary/aromatic N) is 3. The first kappa shape index (κ1) is 18.7. The monoisotopic (exact) mass is 384 g/mol. The molecule has 1 N–H and O–H groups in total. The van der Waals surface area contributed by atoms with Crippen molar-refractivity contribution < 1.29 is 14.0 Å². The second-order valence-corrected chi connectivity index (χ2v) is 7.70. The summed E-state index contributed by atoms with van der Waals surface area (Å²) < 4.78 is 14.8. The summed E-state index contributed by atoms with van der Waals surface area (Å²) in [7, 11) is 1.84. The largest absolute Gasteiger partial charge is 0.347 e. The molecule has 2 aromatic rings. The summed E-state index contributed by atoms with van der Waals surface area (Å²) in [5.74, 6) is -0.226. The van der Waals surface area contributed by atoms with Crippen LogP contribution in [0.5, 0.6) is 0 Å². The number of aromatic nitrogens is 2. The Labute approximate surface area is 163 Å². The molecular formula is C21H25FN4O2. The van der Waals surface area contributed by atoms with E-state index in [1.54, 1.807) is 16.8 Å². The minimum absolute atomic E-state index is 0.133. The molecule has 1 aliphatic carbocycles. The molecule has 2 aliphatic rings. The van der Waals surface area contributed by atoms with Gasteiger partial charge in [0.15, 0.2) is 5.69 Å². The zero-order valence-electron chi connectivity index (χ0n) is 16.1. The number of fused-ring (bicyclic) bond motifs is 1. The zero-order chi connectivity index (χ0) is 19.7. The Morgan fingerprint density at radius 1 is 1.21 bits per heavy atom. The fourth-order valence-corrected chi connectivity index (χ4v) is 4.26. The van der Waals surface area contributed by atoms with E-state index in [1.807, 2.05) is 11.9 Å². The topological polar surface area (TPSA) is 67.2 Å². The number of nitrogens with one attached hydrogen (secondary N) is 1. The molecule has 1 saturated carbocycles. The van der Waals surface area contributed by atoms with Crippen molar-refractivity contribution >= 4 is 11.8 Å². The highest BCUT2D eigenvalue weighted by atomic mass is 19.1. The number of hydrogen-bond acceptors (Lipinski definition) is 3. The summed E-state index contributed by atoms with van der Waals surface area (Å²) in [4.78, 5) is 27.4. The summed E-state index contributed by atoms with van der Waals surface area (Å²) in [6.45, 7) is 1.42. The van der Waals surface area contributed by atoms with E-state index < -0.39 is 0 Å². The molecule has 28 heavy (non-hydrogen) atoms. The van der Waals surface area contributed by atoms with Crippen molar-refractivity contribution in [3.63, 3.8) is 0 Å². The van der Waals surface area contributed by atoms with Crippen molar-refractivity contribution in [2.24, 2.45) is 13.0 Å². The number of benzene rings is 1. The Hall–Kier alpha value is -2.70. The number of hydrogen-bond donors (Lipinski definition) is 1. The Bertz CT molecular complexity index is 885. The predicted octanol–water partition coefficient (Wildman–Crippen LogP) is 2.56. The minimum Gasteiger partial charge on any atom is -0.347 e. The Morgan fingerprint density at radius 2 is 1.93 bits per heavy atom. The molecule has 1 aliphatic heterocycles. The van der Waals surface area contributed by atoms with E-state index in [0.29, 0.717) is 31.7 Å². The normalized spacial score (nSPS) is 16.9. The van der Waals surface area contributed by atoms with E-state index in [4.69, 9.17) is 0 Å². The molecule has 6 nitrogen and oxygen atoms in total. The van der Waals surface area contributed by atoms with Crippen LogP contribution in [-0.4, -0.2) is 33.0 Å². The molecule has 148 valence electrons. The lowest BCUT2D eigenvalue weighted by molar-refractivity contribution is -0.136. The number of carbonyl (C=O) groups excluding carboxylic acids is 2. The van der Waals surface area contributed by atoms with Crippen LogP contribution in [0, 0.1) is 11.7 Å². The third-order valence-electron chi connectivity index (χ3n) is 5.84. The molecule has 4 rings (SSSR count). The number of carbonyl (C=O) groups is 2. The smallest absolute Gasteiger partial charge is 0.272 e. The lowest BCUT2D eigenvalue weighted by Crippen LogP contribution is -2.40. The van der Waals surface area contributed by atoms with Gasteiger partial charge >= 0.3 is 0 Å². The van der Waals surface area contributed by atoms with Crippen molar-refractivity contribution in [1.29, 1.82) is 0 Å². The molecule has 0 unspecified atom stereocenters. The lowest BCUT2D eigenvalue weighted by Gasteiger charge is -2.29. The molecule has 0 spiro atoms. The first-order valence-electron chi connectivity index (χ1n) is 9.89. The van der Waals surface area contributed by atoms with Crippen molar-refractivity contribution in [3.05, 3.63) is 52.6 Å². The molecule has 0 bridgehead atoms. The number of aryl methyl sites for hydroxylation is 1. The van der Waals surface area contributed by atoms with Crippen LogP contribution in [0.1, 0.15) is 53.0 Å². The van der Waals surface area contributed by atoms with Crippen molar-refractivity contribution in [3.8, 4) is 0 Å². The van der Waals surface area contributed by atoms with Crippen LogP contribution >= 0.6 is 0 Å². The summed E-state index contributed by atoms with van der Waals surface area (Å²) in [5, 5.41) is 7.27. The number of halogens is 1. The average Bonchev–Trinajstić information content (AvgIpc) is 3.35. The molecular weight excluding hydrogens is 359 g/mol. The average molecular weight is 384 g/mol. The van der Waals surface area contributed by atoms with E-state index in [-0.39, 0.29) is 23.5 Å². The second kappa shape index (κ2) is 7.73. The van der Waals surface area contributed by atoms with Gasteiger partial charge in [-0.05, 0) is 30.5 Å². The van der Waals surface area contributed by atoms with Gasteiger partial charge in [-0.1, -0.05) is 25.0 Å². The van der Waals surface area contributed by atoms with Gasteiger partial charge in [-0.2, -0.15) is 5.10 Å². The van der Waals surface area contributed by atoms with Crippen molar-refractivity contribution in [2.75, 3.05) is 6.54 Å². The van der Waals surface area contributed by atoms with Gasteiger partial charge in [-0.3, -0.25) is 14.3 Å². The van der Waals surface area contributed by atoms with Gasteiger partial charge in [0, 0.05) is 50.3 Å². The van der Waals surface area contributed by atoms with Crippen LogP contribution in [0.15, 0.2) is 24.3 Å². The van der Waals surface area contributed by atoms with Gasteiger partial charge in [0.1, 0.15) is 5.82 Å². The van der Waals surface area contributed by atoms with Crippen LogP contribution in [0.4, 0.5) is 4.39 Å². The summed E-state index contributed by atoms with van der Waals surface area (Å²) in [6, 6.07) is 6.03. The molecule has 0 saturated heterocycles. The first-order valence-corrected chi connectivity index (χ1v) is 9.89. The first-order chi connectivity index (χ1) is 13.5. The summed E-state index contributed by atoms with van der Waals surface area (Å²) in [5.41, 5.74) is 3.06. The SMILES string of the molecule is Cn1nc(C(=O)NCc2ccc(F)cc2)c2c1CCN(C(=O)C1CCCC1)C2. The fourth-order valence-electron chi connectivity index (χ4n) is 4.26. The highest BCUT2D eigenvalue weighted by molar-refractivity contribution is 5.94. The van der Waals surface area contributed by atoms with Crippen LogP contribution in [0.3, 0.4) is 0 Å². The van der Waals surface area contributed by atoms with Gasteiger partial charge in [0.25, 0.3) is 5.91 Å². The Morgan fingerprint density at radius 3 is 2.64 bits per heavy atom. The van der Waals surface area contributed by atoms with Crippen molar-refractivity contribution in [1.82, 2.24) is 20.0 Å². The van der Waals surface area contributed by atoms with Crippen LogP contribution < -0.4 is 5.32 Å². The van der Waals surface area contributed by atoms with Crippen LogP contribution in [0.25, 0.3) is 0 Å². The predicted molar refractivity (Wildman–Crippen MR) is 102 cm³/mol. The third kappa shape index (κ3) is 3.66.